The van der Waals surface area contributed by atoms with Crippen LogP contribution in [0.15, 0.2) is 23.6 Å². The minimum atomic E-state index is -1.48. The minimum absolute atomic E-state index is 0.898. The van der Waals surface area contributed by atoms with Crippen LogP contribution in [0.2, 0.25) is 33.2 Å². The summed E-state index contributed by atoms with van der Waals surface area (Å²) in [7, 11) is -2.96. The molecule has 0 aromatic rings. The van der Waals surface area contributed by atoms with Crippen LogP contribution in [0, 0.1) is 11.8 Å². The number of rotatable bonds is 10. The molecule has 0 unspecified atom stereocenters. The summed E-state index contributed by atoms with van der Waals surface area (Å²) >= 11 is 0. The Morgan fingerprint density at radius 1 is 0.229 bits per heavy atom. The molecule has 7 aliphatic rings. The third-order valence-corrected chi connectivity index (χ3v) is 30.5. The number of hydrogen-bond acceptors (Lipinski definition) is 0. The molecule has 0 saturated heterocycles. The third-order valence-electron chi connectivity index (χ3n) is 17.0. The molecular weight excluding hydrogens is 609 g/mol. The van der Waals surface area contributed by atoms with Crippen molar-refractivity contribution in [3.8, 4) is 0 Å². The second-order valence-corrected chi connectivity index (χ2v) is 29.0. The maximum absolute atomic E-state index is 3.18. The zero-order valence-electron chi connectivity index (χ0n) is 32.0. The maximum Gasteiger partial charge on any atom is 0.0866 e. The topological polar surface area (TPSA) is 0 Å². The molecule has 7 fully saturated rings. The van der Waals surface area contributed by atoms with Crippen LogP contribution < -0.4 is 0 Å². The average Bonchev–Trinajstić information content (AvgIpc) is 3.18. The van der Waals surface area contributed by atoms with Crippen LogP contribution in [0.1, 0.15) is 218 Å². The fourth-order valence-electron chi connectivity index (χ4n) is 14.6. The van der Waals surface area contributed by atoms with Crippen LogP contribution in [-0.4, -0.2) is 16.1 Å². The van der Waals surface area contributed by atoms with E-state index in [4.69, 9.17) is 0 Å². The molecule has 0 atom stereocenters. The Balaban J connectivity index is 1.08. The van der Waals surface area contributed by atoms with Gasteiger partial charge in [-0.15, -0.1) is 0 Å². The summed E-state index contributed by atoms with van der Waals surface area (Å²) in [4.78, 5) is 0. The SMILES string of the molecule is C(=C[Si](C1CCCCC1)(C1CCCCC1)C1CCCCC1)C1CCC(C=C[Si](C2CCCCC2)(C2CCCCC2)C2CCCCC2)CC1. The molecule has 272 valence electrons. The zero-order valence-corrected chi connectivity index (χ0v) is 34.0. The first-order valence-corrected chi connectivity index (χ1v) is 27.8. The van der Waals surface area contributed by atoms with Crippen molar-refractivity contribution in [3.63, 3.8) is 0 Å². The third kappa shape index (κ3) is 8.26. The molecule has 0 N–H and O–H groups in total. The maximum atomic E-state index is 3.18. The normalized spacial score (nSPS) is 31.6. The molecule has 0 radical (unpaired) electrons. The molecule has 0 amide bonds. The predicted molar refractivity (Wildman–Crippen MR) is 216 cm³/mol. The average molecular weight is 689 g/mol. The fourth-order valence-corrected chi connectivity index (χ4v) is 29.9. The lowest BCUT2D eigenvalue weighted by Crippen LogP contribution is -2.50. The Hall–Kier alpha value is -0.0862. The van der Waals surface area contributed by atoms with Crippen LogP contribution in [0.4, 0.5) is 0 Å². The van der Waals surface area contributed by atoms with Crippen molar-refractivity contribution in [1.82, 2.24) is 0 Å². The van der Waals surface area contributed by atoms with Gasteiger partial charge in [0.25, 0.3) is 0 Å². The molecule has 0 spiro atoms. The number of hydrogen-bond donors (Lipinski definition) is 0. The largest absolute Gasteiger partial charge is 0.0971 e. The quantitative estimate of drug-likeness (QED) is 0.200. The Morgan fingerprint density at radius 2 is 0.417 bits per heavy atom. The van der Waals surface area contributed by atoms with Crippen LogP contribution in [0.25, 0.3) is 0 Å². The van der Waals surface area contributed by atoms with Crippen LogP contribution in [0.3, 0.4) is 0 Å². The monoisotopic (exact) mass is 689 g/mol. The molecule has 0 bridgehead atoms. The first kappa shape index (κ1) is 36.3. The lowest BCUT2D eigenvalue weighted by molar-refractivity contribution is 0.356. The van der Waals surface area contributed by atoms with Crippen LogP contribution >= 0.6 is 0 Å². The lowest BCUT2D eigenvalue weighted by Gasteiger charge is -2.52. The van der Waals surface area contributed by atoms with Crippen molar-refractivity contribution < 1.29 is 0 Å². The van der Waals surface area contributed by atoms with E-state index >= 15 is 0 Å². The van der Waals surface area contributed by atoms with Crippen molar-refractivity contribution in [2.45, 2.75) is 252 Å². The van der Waals surface area contributed by atoms with E-state index < -0.39 is 16.1 Å². The summed E-state index contributed by atoms with van der Waals surface area (Å²) in [5, 5.41) is 0. The van der Waals surface area contributed by atoms with Gasteiger partial charge in [-0.3, -0.25) is 0 Å². The van der Waals surface area contributed by atoms with Crippen molar-refractivity contribution in [2.75, 3.05) is 0 Å². The van der Waals surface area contributed by atoms with Gasteiger partial charge in [-0.2, -0.15) is 0 Å². The van der Waals surface area contributed by atoms with Gasteiger partial charge in [-0.1, -0.05) is 216 Å². The summed E-state index contributed by atoms with van der Waals surface area (Å²) in [6.45, 7) is 0. The van der Waals surface area contributed by atoms with E-state index in [1.807, 2.05) is 0 Å². The van der Waals surface area contributed by atoms with E-state index in [1.165, 1.54) is 64.2 Å². The second kappa shape index (κ2) is 18.1. The van der Waals surface area contributed by atoms with E-state index in [0.29, 0.717) is 0 Å². The van der Waals surface area contributed by atoms with E-state index in [9.17, 15) is 0 Å². The fraction of sp³-hybridized carbons (Fsp3) is 0.913. The summed E-state index contributed by atoms with van der Waals surface area (Å²) in [5.74, 6) is 1.80. The second-order valence-electron chi connectivity index (χ2n) is 19.4. The molecule has 0 nitrogen and oxygen atoms in total. The molecule has 7 rings (SSSR count). The highest BCUT2D eigenvalue weighted by Gasteiger charge is 2.52. The Labute approximate surface area is 302 Å². The van der Waals surface area contributed by atoms with Gasteiger partial charge >= 0.3 is 0 Å². The van der Waals surface area contributed by atoms with Gasteiger partial charge in [-0.05, 0) is 70.8 Å². The summed E-state index contributed by atoms with van der Waals surface area (Å²) < 4.78 is 0. The van der Waals surface area contributed by atoms with Gasteiger partial charge in [0.2, 0.25) is 0 Å². The molecule has 2 heteroatoms. The van der Waals surface area contributed by atoms with Gasteiger partial charge < -0.3 is 0 Å². The van der Waals surface area contributed by atoms with Gasteiger partial charge in [0.05, 0.1) is 16.1 Å². The van der Waals surface area contributed by atoms with E-state index in [0.717, 1.165) is 45.1 Å². The first-order valence-electron chi connectivity index (χ1n) is 23.2. The highest BCUT2D eigenvalue weighted by molar-refractivity contribution is 6.89. The molecule has 0 heterocycles. The highest BCUT2D eigenvalue weighted by atomic mass is 28.3. The van der Waals surface area contributed by atoms with Crippen molar-refractivity contribution in [1.29, 1.82) is 0 Å². The Kier molecular flexibility index (Phi) is 13.7. The highest BCUT2D eigenvalue weighted by Crippen LogP contribution is 2.59. The lowest BCUT2D eigenvalue weighted by atomic mass is 9.82. The predicted octanol–water partition coefficient (Wildman–Crippen LogP) is 15.9. The molecule has 7 aliphatic carbocycles. The van der Waals surface area contributed by atoms with E-state index in [-0.39, 0.29) is 0 Å². The number of allylic oxidation sites excluding steroid dienone is 2. The van der Waals surface area contributed by atoms with Crippen LogP contribution in [-0.2, 0) is 0 Å². The van der Waals surface area contributed by atoms with E-state index in [1.54, 1.807) is 154 Å². The van der Waals surface area contributed by atoms with Gasteiger partial charge in [0.1, 0.15) is 0 Å². The molecule has 0 aromatic carbocycles. The summed E-state index contributed by atoms with van der Waals surface area (Å²) in [6, 6.07) is 0. The summed E-state index contributed by atoms with van der Waals surface area (Å²) in [5.41, 5.74) is 13.1. The van der Waals surface area contributed by atoms with Crippen LogP contribution in [0.5, 0.6) is 0 Å². The first-order chi connectivity index (χ1) is 23.8. The van der Waals surface area contributed by atoms with Crippen molar-refractivity contribution in [2.24, 2.45) is 11.8 Å². The smallest absolute Gasteiger partial charge is 0.0866 e. The molecular formula is C46H80Si2. The summed E-state index contributed by atoms with van der Waals surface area (Å²) in [6.07, 6.45) is 59.1. The standard InChI is InChI=1S/C46H80Si2/c1-7-19-41(20-8-1)47(42-21-9-2-10-22-42,43-23-11-3-12-24-43)37-35-39-31-33-40(34-32-39)36-38-48(44-25-13-4-14-26-44,45-27-15-5-16-28-45)46-29-17-6-18-30-46/h35-46H,1-34H2. The van der Waals surface area contributed by atoms with Gasteiger partial charge in [0, 0.05) is 0 Å². The van der Waals surface area contributed by atoms with Gasteiger partial charge in [-0.25, -0.2) is 0 Å². The van der Waals surface area contributed by atoms with Crippen molar-refractivity contribution >= 4 is 16.1 Å². The van der Waals surface area contributed by atoms with Crippen molar-refractivity contribution in [3.05, 3.63) is 23.6 Å². The molecule has 7 saturated carbocycles. The van der Waals surface area contributed by atoms with Gasteiger partial charge in [0.15, 0.2) is 0 Å². The van der Waals surface area contributed by atoms with E-state index in [2.05, 4.69) is 23.6 Å². The zero-order chi connectivity index (χ0) is 32.5. The minimum Gasteiger partial charge on any atom is -0.0971 e. The molecule has 0 aliphatic heterocycles. The Bertz CT molecular complexity index is 796. The molecule has 48 heavy (non-hydrogen) atoms. The Morgan fingerprint density at radius 3 is 0.604 bits per heavy atom. The molecule has 0 aromatic heterocycles.